The van der Waals surface area contributed by atoms with Gasteiger partial charge in [0.15, 0.2) is 6.23 Å². The summed E-state index contributed by atoms with van der Waals surface area (Å²) in [6.07, 6.45) is 0.179. The van der Waals surface area contributed by atoms with Crippen molar-refractivity contribution in [2.45, 2.75) is 19.6 Å². The van der Waals surface area contributed by atoms with Gasteiger partial charge in [-0.1, -0.05) is 49.4 Å². The summed E-state index contributed by atoms with van der Waals surface area (Å²) in [4.78, 5) is 19.5. The number of aliphatic hydroxyl groups is 1. The molecule has 31 heavy (non-hydrogen) atoms. The number of carbonyl (C=O) groups excluding carboxylic acids is 1. The molecule has 5 nitrogen and oxygen atoms in total. The van der Waals surface area contributed by atoms with Crippen molar-refractivity contribution in [1.29, 1.82) is 0 Å². The van der Waals surface area contributed by atoms with Crippen LogP contribution in [-0.2, 0) is 6.42 Å². The minimum absolute atomic E-state index is 0.0774. The number of nitrogens with zero attached hydrogens (tertiary/aromatic N) is 3. The fourth-order valence-electron chi connectivity index (χ4n) is 4.84. The molecule has 1 amide bonds. The molecule has 0 aromatic heterocycles. The summed E-state index contributed by atoms with van der Waals surface area (Å²) in [5, 5.41) is 12.8. The lowest BCUT2D eigenvalue weighted by molar-refractivity contribution is 0.000972. The van der Waals surface area contributed by atoms with E-state index in [1.807, 2.05) is 36.4 Å². The lowest BCUT2D eigenvalue weighted by Gasteiger charge is -2.39. The summed E-state index contributed by atoms with van der Waals surface area (Å²) in [5.74, 6) is -0.0774. The molecule has 0 bridgehead atoms. The van der Waals surface area contributed by atoms with Crippen molar-refractivity contribution in [3.63, 3.8) is 0 Å². The maximum absolute atomic E-state index is 13.1. The molecule has 5 heteroatoms. The van der Waals surface area contributed by atoms with Gasteiger partial charge in [0.2, 0.25) is 0 Å². The molecular formula is C26H29N3O2. The maximum atomic E-state index is 13.1. The average molecular weight is 416 g/mol. The van der Waals surface area contributed by atoms with Crippen LogP contribution >= 0.6 is 0 Å². The van der Waals surface area contributed by atoms with E-state index >= 15 is 0 Å². The molecule has 0 saturated carbocycles. The van der Waals surface area contributed by atoms with Crippen molar-refractivity contribution in [3.05, 3.63) is 77.4 Å². The second kappa shape index (κ2) is 8.33. The Bertz CT molecular complexity index is 1080. The molecule has 3 aromatic rings. The van der Waals surface area contributed by atoms with E-state index in [1.54, 1.807) is 4.90 Å². The zero-order valence-electron chi connectivity index (χ0n) is 18.0. The Kier molecular flexibility index (Phi) is 5.38. The molecule has 160 valence electrons. The number of hydrogen-bond donors (Lipinski definition) is 1. The normalized spacial score (nSPS) is 19.3. The molecule has 0 spiro atoms. The largest absolute Gasteiger partial charge is 0.369 e. The van der Waals surface area contributed by atoms with Crippen molar-refractivity contribution in [3.8, 4) is 0 Å². The van der Waals surface area contributed by atoms with Crippen LogP contribution in [0.25, 0.3) is 10.8 Å². The van der Waals surface area contributed by atoms with E-state index < -0.39 is 6.23 Å². The number of aryl methyl sites for hydroxylation is 1. The summed E-state index contributed by atoms with van der Waals surface area (Å²) >= 11 is 0. The minimum Gasteiger partial charge on any atom is -0.369 e. The molecule has 1 fully saturated rings. The molecule has 1 N–H and O–H groups in total. The van der Waals surface area contributed by atoms with E-state index in [-0.39, 0.29) is 5.91 Å². The first kappa shape index (κ1) is 20.0. The number of carbonyl (C=O) groups is 1. The van der Waals surface area contributed by atoms with Gasteiger partial charge in [-0.2, -0.15) is 0 Å². The molecule has 5 rings (SSSR count). The Morgan fingerprint density at radius 3 is 2.32 bits per heavy atom. The first-order valence-corrected chi connectivity index (χ1v) is 11.2. The van der Waals surface area contributed by atoms with E-state index in [4.69, 9.17) is 0 Å². The van der Waals surface area contributed by atoms with Gasteiger partial charge in [0, 0.05) is 61.5 Å². The highest BCUT2D eigenvalue weighted by molar-refractivity contribution is 6.10. The number of amides is 1. The average Bonchev–Trinajstić information content (AvgIpc) is 2.83. The molecule has 3 aromatic carbocycles. The molecule has 1 saturated heterocycles. The van der Waals surface area contributed by atoms with Crippen LogP contribution in [0.2, 0.25) is 0 Å². The monoisotopic (exact) mass is 415 g/mol. The number of rotatable bonds is 5. The second-order valence-corrected chi connectivity index (χ2v) is 8.47. The molecule has 2 aliphatic rings. The highest BCUT2D eigenvalue weighted by Gasteiger charge is 2.32. The van der Waals surface area contributed by atoms with Crippen LogP contribution in [0.1, 0.15) is 34.6 Å². The van der Waals surface area contributed by atoms with E-state index in [2.05, 4.69) is 41.0 Å². The molecular weight excluding hydrogens is 386 g/mol. The summed E-state index contributed by atoms with van der Waals surface area (Å²) in [5.41, 5.74) is 4.17. The van der Waals surface area contributed by atoms with Gasteiger partial charge in [-0.25, -0.2) is 0 Å². The van der Waals surface area contributed by atoms with Gasteiger partial charge >= 0.3 is 0 Å². The van der Waals surface area contributed by atoms with Gasteiger partial charge in [0.1, 0.15) is 0 Å². The number of aliphatic hydroxyl groups excluding tert-OH is 1. The van der Waals surface area contributed by atoms with Gasteiger partial charge < -0.3 is 14.9 Å². The van der Waals surface area contributed by atoms with Crippen molar-refractivity contribution in [2.75, 3.05) is 44.2 Å². The molecule has 0 aliphatic carbocycles. The Labute approximate surface area is 183 Å². The number of piperazine rings is 1. The highest BCUT2D eigenvalue weighted by atomic mass is 16.3. The second-order valence-electron chi connectivity index (χ2n) is 8.47. The van der Waals surface area contributed by atoms with Crippen molar-refractivity contribution in [1.82, 2.24) is 9.80 Å². The van der Waals surface area contributed by atoms with Crippen molar-refractivity contribution in [2.24, 2.45) is 0 Å². The predicted octanol–water partition coefficient (Wildman–Crippen LogP) is 3.67. The van der Waals surface area contributed by atoms with E-state index in [0.29, 0.717) is 12.1 Å². The third-order valence-corrected chi connectivity index (χ3v) is 6.74. The van der Waals surface area contributed by atoms with Crippen molar-refractivity contribution >= 4 is 22.4 Å². The van der Waals surface area contributed by atoms with Crippen LogP contribution in [0.5, 0.6) is 0 Å². The third-order valence-electron chi connectivity index (χ3n) is 6.74. The molecule has 2 heterocycles. The molecule has 1 unspecified atom stereocenters. The van der Waals surface area contributed by atoms with E-state index in [1.165, 1.54) is 11.3 Å². The van der Waals surface area contributed by atoms with Gasteiger partial charge in [-0.3, -0.25) is 9.69 Å². The fraction of sp³-hybridized carbons (Fsp3) is 0.346. The number of anilines is 1. The first-order chi connectivity index (χ1) is 15.2. The van der Waals surface area contributed by atoms with Crippen LogP contribution in [0.3, 0.4) is 0 Å². The lowest BCUT2D eigenvalue weighted by Crippen LogP contribution is -2.50. The Morgan fingerprint density at radius 2 is 1.61 bits per heavy atom. The topological polar surface area (TPSA) is 47.0 Å². The van der Waals surface area contributed by atoms with Crippen LogP contribution in [0, 0.1) is 0 Å². The van der Waals surface area contributed by atoms with Gasteiger partial charge in [0.05, 0.1) is 0 Å². The SMILES string of the molecule is CCc1ccc(N2CCN(CCN3C(=O)c4cccc5cccc(c45)C3O)CC2)cc1. The van der Waals surface area contributed by atoms with Gasteiger partial charge in [-0.15, -0.1) is 0 Å². The Balaban J connectivity index is 1.22. The fourth-order valence-corrected chi connectivity index (χ4v) is 4.84. The Morgan fingerprint density at radius 1 is 0.903 bits per heavy atom. The zero-order valence-corrected chi connectivity index (χ0v) is 18.0. The summed E-state index contributed by atoms with van der Waals surface area (Å²) in [6.45, 7) is 7.34. The summed E-state index contributed by atoms with van der Waals surface area (Å²) in [7, 11) is 0. The molecule has 1 atom stereocenters. The van der Waals surface area contributed by atoms with Crippen LogP contribution in [0.4, 0.5) is 5.69 Å². The molecule has 0 radical (unpaired) electrons. The number of benzene rings is 3. The minimum atomic E-state index is -0.885. The highest BCUT2D eigenvalue weighted by Crippen LogP contribution is 2.35. The third kappa shape index (κ3) is 3.68. The van der Waals surface area contributed by atoms with Crippen LogP contribution in [-0.4, -0.2) is 60.1 Å². The van der Waals surface area contributed by atoms with Gasteiger partial charge in [0.25, 0.3) is 5.91 Å². The van der Waals surface area contributed by atoms with E-state index in [0.717, 1.165) is 55.5 Å². The van der Waals surface area contributed by atoms with Crippen molar-refractivity contribution < 1.29 is 9.90 Å². The summed E-state index contributed by atoms with van der Waals surface area (Å²) < 4.78 is 0. The maximum Gasteiger partial charge on any atom is 0.256 e. The Hall–Kier alpha value is -2.89. The molecule has 2 aliphatic heterocycles. The van der Waals surface area contributed by atoms with Crippen LogP contribution < -0.4 is 4.90 Å². The smallest absolute Gasteiger partial charge is 0.256 e. The first-order valence-electron chi connectivity index (χ1n) is 11.2. The predicted molar refractivity (Wildman–Crippen MR) is 124 cm³/mol. The standard InChI is InChI=1S/C26H29N3O2/c1-2-19-9-11-21(12-10-19)28-16-13-27(14-17-28)15-18-29-25(30)22-7-3-5-20-6-4-8-23(24(20)22)26(29)31/h3-12,25,30H,2,13-18H2,1H3. The van der Waals surface area contributed by atoms with E-state index in [9.17, 15) is 9.90 Å². The van der Waals surface area contributed by atoms with Crippen LogP contribution in [0.15, 0.2) is 60.7 Å². The quantitative estimate of drug-likeness (QED) is 0.691. The zero-order chi connectivity index (χ0) is 21.4. The lowest BCUT2D eigenvalue weighted by atomic mass is 9.93. The van der Waals surface area contributed by atoms with Gasteiger partial charge in [-0.05, 0) is 35.6 Å². The summed E-state index contributed by atoms with van der Waals surface area (Å²) in [6, 6.07) is 20.5. The number of hydrogen-bond acceptors (Lipinski definition) is 4.